The van der Waals surface area contributed by atoms with Crippen LogP contribution in [0.5, 0.6) is 0 Å². The first-order valence-corrected chi connectivity index (χ1v) is 6.74. The van der Waals surface area contributed by atoms with Crippen molar-refractivity contribution in [3.05, 3.63) is 29.8 Å². The van der Waals surface area contributed by atoms with Gasteiger partial charge >= 0.3 is 0 Å². The van der Waals surface area contributed by atoms with Gasteiger partial charge in [-0.2, -0.15) is 8.42 Å². The Morgan fingerprint density at radius 1 is 1.06 bits per heavy atom. The van der Waals surface area contributed by atoms with Gasteiger partial charge in [0.15, 0.2) is 0 Å². The maximum atomic E-state index is 10.8. The molecule has 0 aliphatic rings. The number of aryl methyl sites for hydroxylation is 1. The molecule has 1 rings (SSSR count). The monoisotopic (exact) mass is 243 g/mol. The molecule has 0 amide bonds. The molecule has 4 nitrogen and oxygen atoms in total. The molecule has 0 aliphatic carbocycles. The first-order valence-electron chi connectivity index (χ1n) is 5.30. The van der Waals surface area contributed by atoms with Crippen LogP contribution in [0, 0.1) is 0 Å². The van der Waals surface area contributed by atoms with Crippen molar-refractivity contribution in [1.82, 2.24) is 0 Å². The lowest BCUT2D eigenvalue weighted by atomic mass is 10.1. The van der Waals surface area contributed by atoms with Crippen LogP contribution in [-0.4, -0.2) is 19.5 Å². The first-order chi connectivity index (χ1) is 7.54. The predicted molar refractivity (Wildman–Crippen MR) is 62.9 cm³/mol. The van der Waals surface area contributed by atoms with Crippen molar-refractivity contribution < 1.29 is 13.0 Å². The van der Waals surface area contributed by atoms with E-state index in [0.29, 0.717) is 6.54 Å². The molecule has 16 heavy (non-hydrogen) atoms. The van der Waals surface area contributed by atoms with E-state index in [9.17, 15) is 8.42 Å². The van der Waals surface area contributed by atoms with E-state index >= 15 is 0 Å². The average molecular weight is 243 g/mol. The van der Waals surface area contributed by atoms with Crippen LogP contribution in [0.1, 0.15) is 24.8 Å². The molecule has 0 aliphatic heterocycles. The first kappa shape index (κ1) is 13.2. The van der Waals surface area contributed by atoms with Crippen molar-refractivity contribution in [2.75, 3.05) is 6.54 Å². The maximum absolute atomic E-state index is 10.8. The lowest BCUT2D eigenvalue weighted by molar-refractivity contribution is 0.483. The fourth-order valence-electron chi connectivity index (χ4n) is 1.48. The fourth-order valence-corrected chi connectivity index (χ4v) is 1.96. The number of hydrogen-bond acceptors (Lipinski definition) is 3. The Hall–Kier alpha value is -0.910. The third kappa shape index (κ3) is 4.30. The second kappa shape index (κ2) is 5.98. The fraction of sp³-hybridized carbons (Fsp3) is 0.455. The van der Waals surface area contributed by atoms with Crippen molar-refractivity contribution in [1.29, 1.82) is 0 Å². The zero-order valence-corrected chi connectivity index (χ0v) is 9.91. The van der Waals surface area contributed by atoms with Gasteiger partial charge in [0.1, 0.15) is 0 Å². The van der Waals surface area contributed by atoms with Crippen LogP contribution >= 0.6 is 0 Å². The second-order valence-electron chi connectivity index (χ2n) is 3.72. The second-order valence-corrected chi connectivity index (χ2v) is 5.14. The Labute approximate surface area is 96.2 Å². The van der Waals surface area contributed by atoms with E-state index in [1.165, 1.54) is 12.1 Å². The number of hydrogen-bond donors (Lipinski definition) is 2. The van der Waals surface area contributed by atoms with E-state index in [4.69, 9.17) is 10.3 Å². The summed E-state index contributed by atoms with van der Waals surface area (Å²) in [5.41, 5.74) is 6.45. The smallest absolute Gasteiger partial charge is 0.294 e. The highest BCUT2D eigenvalue weighted by Gasteiger charge is 2.07. The van der Waals surface area contributed by atoms with Gasteiger partial charge in [-0.15, -0.1) is 0 Å². The summed E-state index contributed by atoms with van der Waals surface area (Å²) in [6.07, 6.45) is 4.05. The van der Waals surface area contributed by atoms with E-state index < -0.39 is 10.1 Å². The molecule has 0 saturated carbocycles. The highest BCUT2D eigenvalue weighted by atomic mass is 32.2. The molecule has 0 heterocycles. The predicted octanol–water partition coefficient (Wildman–Crippen LogP) is 1.60. The lowest BCUT2D eigenvalue weighted by Crippen LogP contribution is -1.99. The minimum Gasteiger partial charge on any atom is -0.330 e. The lowest BCUT2D eigenvalue weighted by Gasteiger charge is -2.02. The molecular weight excluding hydrogens is 226 g/mol. The summed E-state index contributed by atoms with van der Waals surface area (Å²) in [5.74, 6) is 0. The van der Waals surface area contributed by atoms with Crippen LogP contribution < -0.4 is 5.73 Å². The SMILES string of the molecule is NCCCCCc1ccc(S(=O)(=O)O)cc1. The summed E-state index contributed by atoms with van der Waals surface area (Å²) in [4.78, 5) is -0.0572. The van der Waals surface area contributed by atoms with Crippen LogP contribution in [0.2, 0.25) is 0 Å². The van der Waals surface area contributed by atoms with Gasteiger partial charge in [0.2, 0.25) is 0 Å². The summed E-state index contributed by atoms with van der Waals surface area (Å²) in [6.45, 7) is 0.710. The van der Waals surface area contributed by atoms with E-state index in [-0.39, 0.29) is 4.90 Å². The maximum Gasteiger partial charge on any atom is 0.294 e. The summed E-state index contributed by atoms with van der Waals surface area (Å²) in [5, 5.41) is 0. The van der Waals surface area contributed by atoms with Crippen molar-refractivity contribution in [3.63, 3.8) is 0 Å². The van der Waals surface area contributed by atoms with Gasteiger partial charge in [-0.05, 0) is 43.5 Å². The quantitative estimate of drug-likeness (QED) is 0.587. The normalized spacial score (nSPS) is 11.6. The third-order valence-corrected chi connectivity index (χ3v) is 3.26. The van der Waals surface area contributed by atoms with Gasteiger partial charge in [-0.1, -0.05) is 18.6 Å². The van der Waals surface area contributed by atoms with Crippen LogP contribution in [0.3, 0.4) is 0 Å². The Bertz CT molecular complexity index is 411. The van der Waals surface area contributed by atoms with Crippen LogP contribution in [0.25, 0.3) is 0 Å². The third-order valence-electron chi connectivity index (χ3n) is 2.39. The van der Waals surface area contributed by atoms with Crippen molar-refractivity contribution >= 4 is 10.1 Å². The molecule has 1 aromatic rings. The topological polar surface area (TPSA) is 80.4 Å². The Kier molecular flexibility index (Phi) is 4.92. The Morgan fingerprint density at radius 2 is 1.69 bits per heavy atom. The zero-order valence-electron chi connectivity index (χ0n) is 9.09. The van der Waals surface area contributed by atoms with Crippen LogP contribution in [0.4, 0.5) is 0 Å². The summed E-state index contributed by atoms with van der Waals surface area (Å²) >= 11 is 0. The van der Waals surface area contributed by atoms with Gasteiger partial charge in [-0.25, -0.2) is 0 Å². The molecule has 0 unspecified atom stereocenters. The van der Waals surface area contributed by atoms with E-state index in [1.807, 2.05) is 0 Å². The van der Waals surface area contributed by atoms with E-state index in [1.54, 1.807) is 12.1 Å². The standard InChI is InChI=1S/C11H17NO3S/c12-9-3-1-2-4-10-5-7-11(8-6-10)16(13,14)15/h5-8H,1-4,9,12H2,(H,13,14,15). The molecule has 0 bridgehead atoms. The molecule has 5 heteroatoms. The van der Waals surface area contributed by atoms with Gasteiger partial charge < -0.3 is 5.73 Å². The molecule has 0 radical (unpaired) electrons. The Morgan fingerprint density at radius 3 is 2.19 bits per heavy atom. The molecule has 0 saturated heterocycles. The molecule has 1 aromatic carbocycles. The number of benzene rings is 1. The molecule has 0 aromatic heterocycles. The summed E-state index contributed by atoms with van der Waals surface area (Å²) in [7, 11) is -4.07. The zero-order chi connectivity index (χ0) is 12.0. The van der Waals surface area contributed by atoms with Crippen molar-refractivity contribution in [2.45, 2.75) is 30.6 Å². The highest BCUT2D eigenvalue weighted by molar-refractivity contribution is 7.85. The molecule has 0 atom stereocenters. The average Bonchev–Trinajstić information content (AvgIpc) is 2.24. The largest absolute Gasteiger partial charge is 0.330 e. The van der Waals surface area contributed by atoms with Gasteiger partial charge in [0, 0.05) is 0 Å². The highest BCUT2D eigenvalue weighted by Crippen LogP contribution is 2.12. The van der Waals surface area contributed by atoms with Gasteiger partial charge in [0.05, 0.1) is 4.90 Å². The minimum absolute atomic E-state index is 0.0572. The van der Waals surface area contributed by atoms with Crippen molar-refractivity contribution in [3.8, 4) is 0 Å². The van der Waals surface area contributed by atoms with Crippen molar-refractivity contribution in [2.24, 2.45) is 5.73 Å². The minimum atomic E-state index is -4.07. The number of unbranched alkanes of at least 4 members (excludes halogenated alkanes) is 2. The van der Waals surface area contributed by atoms with Crippen LogP contribution in [-0.2, 0) is 16.5 Å². The van der Waals surface area contributed by atoms with Gasteiger partial charge in [0.25, 0.3) is 10.1 Å². The van der Waals surface area contributed by atoms with E-state index in [0.717, 1.165) is 31.2 Å². The van der Waals surface area contributed by atoms with E-state index in [2.05, 4.69) is 0 Å². The summed E-state index contributed by atoms with van der Waals surface area (Å²) in [6, 6.07) is 6.30. The van der Waals surface area contributed by atoms with Gasteiger partial charge in [-0.3, -0.25) is 4.55 Å². The molecule has 90 valence electrons. The number of nitrogens with two attached hydrogens (primary N) is 1. The molecule has 3 N–H and O–H groups in total. The molecule has 0 fully saturated rings. The molecule has 0 spiro atoms. The Balaban J connectivity index is 2.52. The number of rotatable bonds is 6. The van der Waals surface area contributed by atoms with Crippen LogP contribution in [0.15, 0.2) is 29.2 Å². The molecular formula is C11H17NO3S. The summed E-state index contributed by atoms with van der Waals surface area (Å²) < 4.78 is 30.4.